The normalized spacial score (nSPS) is 26.8. The number of anilines is 2. The zero-order valence-corrected chi connectivity index (χ0v) is 20.5. The van der Waals surface area contributed by atoms with E-state index in [4.69, 9.17) is 4.74 Å². The molecule has 0 N–H and O–H groups in total. The molecule has 190 valence electrons. The number of halogens is 2. The minimum absolute atomic E-state index is 0.0321. The smallest absolute Gasteiger partial charge is 0.297 e. The van der Waals surface area contributed by atoms with Crippen molar-refractivity contribution < 1.29 is 18.3 Å². The molecule has 3 saturated heterocycles. The summed E-state index contributed by atoms with van der Waals surface area (Å²) in [5, 5.41) is 0. The second kappa shape index (κ2) is 9.46. The number of hydrogen-bond acceptors (Lipinski definition) is 7. The fourth-order valence-electron chi connectivity index (χ4n) is 5.82. The molecular weight excluding hydrogens is 454 g/mol. The summed E-state index contributed by atoms with van der Waals surface area (Å²) in [6.45, 7) is 13.5. The number of aromatic nitrogens is 2. The lowest BCUT2D eigenvalue weighted by molar-refractivity contribution is -0.128. The second-order valence-electron chi connectivity index (χ2n) is 9.95. The molecule has 0 bridgehead atoms. The van der Waals surface area contributed by atoms with Crippen LogP contribution in [0.15, 0.2) is 30.4 Å². The van der Waals surface area contributed by atoms with Gasteiger partial charge in [0.2, 0.25) is 5.91 Å². The van der Waals surface area contributed by atoms with Crippen molar-refractivity contribution in [3.05, 3.63) is 36.2 Å². The predicted octanol–water partition coefficient (Wildman–Crippen LogP) is 2.64. The lowest BCUT2D eigenvalue weighted by Crippen LogP contribution is -2.68. The van der Waals surface area contributed by atoms with Gasteiger partial charge in [-0.15, -0.1) is 0 Å². The Morgan fingerprint density at radius 3 is 2.43 bits per heavy atom. The first kappa shape index (κ1) is 24.1. The zero-order valence-electron chi connectivity index (χ0n) is 20.5. The summed E-state index contributed by atoms with van der Waals surface area (Å²) in [4.78, 5) is 28.7. The topological polar surface area (TPSA) is 65.0 Å². The maximum Gasteiger partial charge on any atom is 0.297 e. The third kappa shape index (κ3) is 4.42. The largest absolute Gasteiger partial charge is 0.366 e. The van der Waals surface area contributed by atoms with Crippen LogP contribution in [0.4, 0.5) is 20.4 Å². The number of ether oxygens (including phenoxy) is 1. The van der Waals surface area contributed by atoms with Crippen LogP contribution in [0.1, 0.15) is 38.9 Å². The van der Waals surface area contributed by atoms with Crippen LogP contribution >= 0.6 is 0 Å². The van der Waals surface area contributed by atoms with Crippen LogP contribution in [0, 0.1) is 0 Å². The number of carbonyl (C=O) groups excluding carboxylic acids is 1. The summed E-state index contributed by atoms with van der Waals surface area (Å²) < 4.78 is 33.5. The van der Waals surface area contributed by atoms with E-state index in [0.29, 0.717) is 50.5 Å². The molecule has 0 aliphatic carbocycles. The van der Waals surface area contributed by atoms with Crippen LogP contribution in [0.5, 0.6) is 0 Å². The first-order valence-corrected chi connectivity index (χ1v) is 12.5. The predicted molar refractivity (Wildman–Crippen MR) is 130 cm³/mol. The minimum atomic E-state index is -2.73. The Hall–Kier alpha value is -2.59. The summed E-state index contributed by atoms with van der Waals surface area (Å²) in [5.41, 5.74) is 1.06. The van der Waals surface area contributed by atoms with E-state index in [-0.39, 0.29) is 17.6 Å². The van der Waals surface area contributed by atoms with Gasteiger partial charge < -0.3 is 19.4 Å². The fraction of sp³-hybridized carbons (Fsp3) is 0.640. The fourth-order valence-corrected chi connectivity index (χ4v) is 5.82. The van der Waals surface area contributed by atoms with E-state index in [1.54, 1.807) is 0 Å². The zero-order chi connectivity index (χ0) is 24.7. The molecule has 1 aromatic heterocycles. The van der Waals surface area contributed by atoms with Crippen molar-refractivity contribution in [3.63, 3.8) is 0 Å². The molecular formula is C25H34F2N6O2. The Bertz CT molecular complexity index is 1000. The maximum absolute atomic E-state index is 13.7. The first-order valence-electron chi connectivity index (χ1n) is 12.5. The third-order valence-corrected chi connectivity index (χ3v) is 8.27. The van der Waals surface area contributed by atoms with Crippen molar-refractivity contribution in [3.8, 4) is 0 Å². The van der Waals surface area contributed by atoms with Gasteiger partial charge in [-0.3, -0.25) is 9.69 Å². The second-order valence-corrected chi connectivity index (χ2v) is 9.95. The quantitative estimate of drug-likeness (QED) is 0.466. The van der Waals surface area contributed by atoms with Gasteiger partial charge in [0, 0.05) is 64.0 Å². The van der Waals surface area contributed by atoms with Crippen LogP contribution in [-0.4, -0.2) is 95.8 Å². The average Bonchev–Trinajstić information content (AvgIpc) is 3.22. The van der Waals surface area contributed by atoms with E-state index in [2.05, 4.69) is 51.2 Å². The summed E-state index contributed by atoms with van der Waals surface area (Å²) in [6, 6.07) is 2.29. The standard InChI is InChI=1S/C25H34F2N6O2/c1-4-22(34)32-12-10-30(11-13-32)19-16-33(18(19)3)21-15-20(28-24(29-21)23(26)27)31-8-6-25(7-9-31)17(2)5-14-35-25/h4-5,15,18-19,23H,1,6-14,16H2,2-3H3/t18-,19-/m1/s1. The molecule has 1 amide bonds. The average molecular weight is 489 g/mol. The number of rotatable bonds is 5. The number of hydrogen-bond donors (Lipinski definition) is 0. The molecule has 0 aromatic carbocycles. The maximum atomic E-state index is 13.7. The van der Waals surface area contributed by atoms with Gasteiger partial charge in [0.05, 0.1) is 12.2 Å². The number of piperazine rings is 1. The van der Waals surface area contributed by atoms with Crippen molar-refractivity contribution in [2.75, 3.05) is 62.2 Å². The van der Waals surface area contributed by atoms with E-state index in [0.717, 1.165) is 32.5 Å². The van der Waals surface area contributed by atoms with E-state index in [1.807, 2.05) is 11.0 Å². The SMILES string of the molecule is C=CC(=O)N1CCN([C@@H]2CN(c3cc(N4CCC5(CC4)OCC=C5C)nc(C(F)F)n3)[C@@H]2C)CC1. The molecule has 5 rings (SSSR count). The number of alkyl halides is 2. The highest BCUT2D eigenvalue weighted by Crippen LogP contribution is 2.39. The molecule has 1 spiro atoms. The van der Waals surface area contributed by atoms with E-state index in [9.17, 15) is 13.6 Å². The van der Waals surface area contributed by atoms with Crippen LogP contribution in [0.3, 0.4) is 0 Å². The van der Waals surface area contributed by atoms with Gasteiger partial charge in [-0.05, 0) is 38.3 Å². The van der Waals surface area contributed by atoms with Gasteiger partial charge in [-0.1, -0.05) is 12.7 Å². The van der Waals surface area contributed by atoms with Crippen LogP contribution < -0.4 is 9.80 Å². The number of nitrogens with zero attached hydrogens (tertiary/aromatic N) is 6. The summed E-state index contributed by atoms with van der Waals surface area (Å²) in [7, 11) is 0. The van der Waals surface area contributed by atoms with Crippen molar-refractivity contribution >= 4 is 17.5 Å². The molecule has 2 atom stereocenters. The highest BCUT2D eigenvalue weighted by Gasteiger charge is 2.43. The number of amides is 1. The Morgan fingerprint density at radius 2 is 1.86 bits per heavy atom. The molecule has 0 saturated carbocycles. The highest BCUT2D eigenvalue weighted by atomic mass is 19.3. The number of piperidine rings is 1. The number of carbonyl (C=O) groups is 1. The first-order chi connectivity index (χ1) is 16.8. The van der Waals surface area contributed by atoms with Gasteiger partial charge in [-0.2, -0.15) is 0 Å². The van der Waals surface area contributed by atoms with Gasteiger partial charge in [0.1, 0.15) is 11.6 Å². The molecule has 10 heteroatoms. The molecule has 4 aliphatic rings. The molecule has 8 nitrogen and oxygen atoms in total. The van der Waals surface area contributed by atoms with Gasteiger partial charge in [0.25, 0.3) is 6.43 Å². The molecule has 0 unspecified atom stereocenters. The molecule has 5 heterocycles. The lowest BCUT2D eigenvalue weighted by Gasteiger charge is -2.53. The van der Waals surface area contributed by atoms with Crippen LogP contribution in [0.25, 0.3) is 0 Å². The minimum Gasteiger partial charge on any atom is -0.366 e. The van der Waals surface area contributed by atoms with Gasteiger partial charge >= 0.3 is 0 Å². The summed E-state index contributed by atoms with van der Waals surface area (Å²) >= 11 is 0. The van der Waals surface area contributed by atoms with Crippen molar-refractivity contribution in [2.45, 2.75) is 50.8 Å². The van der Waals surface area contributed by atoms with Crippen molar-refractivity contribution in [1.29, 1.82) is 0 Å². The molecule has 0 radical (unpaired) electrons. The lowest BCUT2D eigenvalue weighted by atomic mass is 9.85. The van der Waals surface area contributed by atoms with Crippen LogP contribution in [-0.2, 0) is 9.53 Å². The Balaban J connectivity index is 1.26. The van der Waals surface area contributed by atoms with Gasteiger partial charge in [0.15, 0.2) is 5.82 Å². The van der Waals surface area contributed by atoms with Crippen molar-refractivity contribution in [1.82, 2.24) is 19.8 Å². The van der Waals surface area contributed by atoms with Crippen molar-refractivity contribution in [2.24, 2.45) is 0 Å². The highest BCUT2D eigenvalue weighted by molar-refractivity contribution is 5.87. The third-order valence-electron chi connectivity index (χ3n) is 8.27. The Kier molecular flexibility index (Phi) is 6.52. The molecule has 35 heavy (non-hydrogen) atoms. The van der Waals surface area contributed by atoms with Crippen LogP contribution in [0.2, 0.25) is 0 Å². The van der Waals surface area contributed by atoms with E-state index in [1.165, 1.54) is 11.6 Å². The molecule has 1 aromatic rings. The van der Waals surface area contributed by atoms with E-state index < -0.39 is 12.2 Å². The molecule has 3 fully saturated rings. The van der Waals surface area contributed by atoms with Gasteiger partial charge in [-0.25, -0.2) is 18.7 Å². The van der Waals surface area contributed by atoms with E-state index >= 15 is 0 Å². The summed E-state index contributed by atoms with van der Waals surface area (Å²) in [5.74, 6) is 0.670. The monoisotopic (exact) mass is 488 g/mol. The molecule has 4 aliphatic heterocycles. The Morgan fingerprint density at radius 1 is 1.17 bits per heavy atom. The Labute approximate surface area is 205 Å². The summed E-state index contributed by atoms with van der Waals surface area (Å²) in [6.07, 6.45) is 2.41.